The van der Waals surface area contributed by atoms with E-state index in [1.54, 1.807) is 0 Å². The molecule has 0 aliphatic heterocycles. The van der Waals surface area contributed by atoms with Crippen LogP contribution in [0.3, 0.4) is 0 Å². The first-order valence-corrected chi connectivity index (χ1v) is 19.2. The minimum Gasteiger partial charge on any atom is -0.481 e. The van der Waals surface area contributed by atoms with Crippen molar-refractivity contribution in [1.82, 2.24) is 0 Å². The molecule has 1 unspecified atom stereocenters. The Morgan fingerprint density at radius 3 is 1.16 bits per heavy atom. The van der Waals surface area contributed by atoms with Crippen LogP contribution in [0.25, 0.3) is 0 Å². The highest BCUT2D eigenvalue weighted by atomic mass is 32.1. The van der Waals surface area contributed by atoms with Gasteiger partial charge in [-0.1, -0.05) is 105 Å². The summed E-state index contributed by atoms with van der Waals surface area (Å²) in [6, 6.07) is 0. The van der Waals surface area contributed by atoms with Gasteiger partial charge in [-0.05, 0) is 38.5 Å². The summed E-state index contributed by atoms with van der Waals surface area (Å²) >= 11 is 0. The molecule has 2 nitrogen and oxygen atoms in total. The molecule has 0 aliphatic rings. The summed E-state index contributed by atoms with van der Waals surface area (Å²) < 4.78 is 0. The normalized spacial score (nSPS) is 12.9. The number of unbranched alkanes of at least 4 members (excludes halogenated alkanes) is 15. The lowest BCUT2D eigenvalue weighted by Crippen LogP contribution is -2.13. The van der Waals surface area contributed by atoms with E-state index in [1.807, 2.05) is 0 Å². The van der Waals surface area contributed by atoms with Gasteiger partial charge in [0.15, 0.2) is 0 Å². The Morgan fingerprint density at radius 1 is 0.562 bits per heavy atom. The van der Waals surface area contributed by atoms with Crippen molar-refractivity contribution in [3.8, 4) is 0 Å². The zero-order valence-electron chi connectivity index (χ0n) is 22.5. The molecule has 0 heterocycles. The molecule has 0 radical (unpaired) electrons. The van der Waals surface area contributed by atoms with Crippen LogP contribution in [0, 0.1) is 0 Å². The standard InChI is InChI=1S/C28H58O2P2/c1-5-9-12-15-18-21-24-32(31(8-4)27-28(29)30,25-22-19-16-13-10-6-2)26-23-20-17-14-11-7-3/h5-27H2,1-4H3/p+1. The summed E-state index contributed by atoms with van der Waals surface area (Å²) in [5, 5.41) is 9.72. The first-order chi connectivity index (χ1) is 15.6. The van der Waals surface area contributed by atoms with Gasteiger partial charge in [-0.15, -0.1) is 0 Å². The fraction of sp³-hybridized carbons (Fsp3) is 0.964. The Bertz CT molecular complexity index is 373. The molecule has 1 N–H and O–H groups in total. The van der Waals surface area contributed by atoms with Gasteiger partial charge in [0.05, 0.1) is 26.1 Å². The lowest BCUT2D eigenvalue weighted by atomic mass is 10.1. The van der Waals surface area contributed by atoms with Crippen molar-refractivity contribution < 1.29 is 9.90 Å². The van der Waals surface area contributed by atoms with Gasteiger partial charge in [0.25, 0.3) is 0 Å². The van der Waals surface area contributed by atoms with E-state index in [4.69, 9.17) is 0 Å². The molecule has 0 amide bonds. The van der Waals surface area contributed by atoms with Gasteiger partial charge < -0.3 is 5.11 Å². The summed E-state index contributed by atoms with van der Waals surface area (Å²) in [5.41, 5.74) is 0. The number of hydrogen-bond acceptors (Lipinski definition) is 1. The second kappa shape index (κ2) is 23.1. The Morgan fingerprint density at radius 2 is 0.875 bits per heavy atom. The van der Waals surface area contributed by atoms with Gasteiger partial charge >= 0.3 is 5.97 Å². The Hall–Kier alpha value is 0.330. The molecule has 0 bridgehead atoms. The maximum Gasteiger partial charge on any atom is 0.311 e. The van der Waals surface area contributed by atoms with E-state index in [-0.39, 0.29) is 7.61 Å². The molecule has 0 fully saturated rings. The van der Waals surface area contributed by atoms with Crippen molar-refractivity contribution in [1.29, 1.82) is 0 Å². The van der Waals surface area contributed by atoms with Crippen molar-refractivity contribution in [2.24, 2.45) is 0 Å². The van der Waals surface area contributed by atoms with E-state index >= 15 is 0 Å². The number of carboxylic acids is 1. The Kier molecular flexibility index (Phi) is 23.3. The molecule has 4 heteroatoms. The SMILES string of the molecule is CCCCCCCC[P+](CCCCCCCC)(CCCCCCCC)P(CC)CC(=O)O. The third-order valence-electron chi connectivity index (χ3n) is 7.07. The van der Waals surface area contributed by atoms with E-state index < -0.39 is 12.9 Å². The second-order valence-corrected chi connectivity index (χ2v) is 19.7. The fourth-order valence-electron chi connectivity index (χ4n) is 5.04. The number of carboxylic acid groups (broad SMARTS) is 1. The molecule has 0 aromatic carbocycles. The second-order valence-electron chi connectivity index (χ2n) is 9.94. The van der Waals surface area contributed by atoms with E-state index in [0.29, 0.717) is 6.16 Å². The third kappa shape index (κ3) is 16.9. The maximum absolute atomic E-state index is 11.8. The van der Waals surface area contributed by atoms with Crippen LogP contribution in [0.2, 0.25) is 0 Å². The van der Waals surface area contributed by atoms with Gasteiger partial charge in [-0.2, -0.15) is 0 Å². The summed E-state index contributed by atoms with van der Waals surface area (Å²) in [5.74, 6) is -0.531. The van der Waals surface area contributed by atoms with E-state index in [1.165, 1.54) is 134 Å². The molecule has 0 saturated heterocycles. The van der Waals surface area contributed by atoms with Gasteiger partial charge in [0.2, 0.25) is 0 Å². The van der Waals surface area contributed by atoms with Gasteiger partial charge in [0, 0.05) is 13.1 Å². The van der Waals surface area contributed by atoms with Crippen molar-refractivity contribution in [2.45, 2.75) is 143 Å². The molecule has 192 valence electrons. The lowest BCUT2D eigenvalue weighted by Gasteiger charge is -2.34. The smallest absolute Gasteiger partial charge is 0.311 e. The maximum atomic E-state index is 11.8. The van der Waals surface area contributed by atoms with Crippen LogP contribution in [0.5, 0.6) is 0 Å². The average molecular weight is 490 g/mol. The first kappa shape index (κ1) is 32.3. The Balaban J connectivity index is 5.09. The molecule has 32 heavy (non-hydrogen) atoms. The van der Waals surface area contributed by atoms with Crippen LogP contribution in [-0.4, -0.2) is 41.9 Å². The molecule has 0 aromatic rings. The highest BCUT2D eigenvalue weighted by Gasteiger charge is 2.44. The summed E-state index contributed by atoms with van der Waals surface area (Å²) in [7, 11) is -0.317. The first-order valence-electron chi connectivity index (χ1n) is 14.4. The van der Waals surface area contributed by atoms with E-state index in [0.717, 1.165) is 6.16 Å². The van der Waals surface area contributed by atoms with Crippen LogP contribution in [0.15, 0.2) is 0 Å². The minimum absolute atomic E-state index is 0.317. The molecule has 1 atom stereocenters. The highest BCUT2D eigenvalue weighted by Crippen LogP contribution is 2.84. The zero-order valence-corrected chi connectivity index (χ0v) is 24.3. The van der Waals surface area contributed by atoms with Crippen LogP contribution < -0.4 is 0 Å². The van der Waals surface area contributed by atoms with Gasteiger partial charge in [0.1, 0.15) is 6.16 Å². The number of aliphatic carboxylic acids is 1. The predicted molar refractivity (Wildman–Crippen MR) is 152 cm³/mol. The zero-order chi connectivity index (χ0) is 23.9. The molecule has 0 spiro atoms. The highest BCUT2D eigenvalue weighted by molar-refractivity contribution is 8.39. The van der Waals surface area contributed by atoms with Crippen molar-refractivity contribution >= 4 is 20.5 Å². The van der Waals surface area contributed by atoms with Crippen LogP contribution in [-0.2, 0) is 4.79 Å². The fourth-order valence-corrected chi connectivity index (χ4v) is 17.3. The molecule has 0 aromatic heterocycles. The van der Waals surface area contributed by atoms with Crippen LogP contribution in [0.1, 0.15) is 143 Å². The van der Waals surface area contributed by atoms with Gasteiger partial charge in [-0.3, -0.25) is 4.79 Å². The van der Waals surface area contributed by atoms with Gasteiger partial charge in [-0.25, -0.2) is 0 Å². The minimum atomic E-state index is -1.14. The molecule has 0 saturated carbocycles. The largest absolute Gasteiger partial charge is 0.481 e. The van der Waals surface area contributed by atoms with Crippen molar-refractivity contribution in [2.75, 3.05) is 30.8 Å². The van der Waals surface area contributed by atoms with Crippen LogP contribution >= 0.6 is 14.6 Å². The molecule has 0 rings (SSSR count). The predicted octanol–water partition coefficient (Wildman–Crippen LogP) is 10.6. The lowest BCUT2D eigenvalue weighted by molar-refractivity contribution is -0.134. The molecular weight excluding hydrogens is 430 g/mol. The van der Waals surface area contributed by atoms with E-state index in [2.05, 4.69) is 27.7 Å². The van der Waals surface area contributed by atoms with Crippen LogP contribution in [0.4, 0.5) is 0 Å². The topological polar surface area (TPSA) is 37.3 Å². The number of rotatable bonds is 25. The summed E-state index contributed by atoms with van der Waals surface area (Å²) in [6.45, 7) is 8.02. The van der Waals surface area contributed by atoms with Crippen molar-refractivity contribution in [3.05, 3.63) is 0 Å². The Labute approximate surface area is 204 Å². The quantitative estimate of drug-likeness (QED) is 0.102. The average Bonchev–Trinajstić information content (AvgIpc) is 2.78. The summed E-state index contributed by atoms with van der Waals surface area (Å²) in [6.07, 6.45) is 30.4. The van der Waals surface area contributed by atoms with E-state index in [9.17, 15) is 9.90 Å². The summed E-state index contributed by atoms with van der Waals surface area (Å²) in [4.78, 5) is 11.8. The third-order valence-corrected chi connectivity index (χ3v) is 19.8. The number of hydrogen-bond donors (Lipinski definition) is 1. The molecule has 0 aliphatic carbocycles. The monoisotopic (exact) mass is 489 g/mol. The molecular formula is C28H59O2P2+. The van der Waals surface area contributed by atoms with Crippen molar-refractivity contribution in [3.63, 3.8) is 0 Å². The number of carbonyl (C=O) groups is 1.